The number of aromatic nitrogens is 1. The van der Waals surface area contributed by atoms with E-state index in [9.17, 15) is 4.39 Å². The second-order valence-corrected chi connectivity index (χ2v) is 6.19. The first kappa shape index (κ1) is 17.7. The number of pyridine rings is 1. The summed E-state index contributed by atoms with van der Waals surface area (Å²) < 4.78 is 24.6. The molecule has 0 bridgehead atoms. The van der Waals surface area contributed by atoms with Crippen LogP contribution in [0.25, 0.3) is 11.1 Å². The maximum Gasteiger partial charge on any atom is 0.165 e. The third kappa shape index (κ3) is 4.48. The fourth-order valence-corrected chi connectivity index (χ4v) is 3.14. The van der Waals surface area contributed by atoms with Gasteiger partial charge in [-0.05, 0) is 55.2 Å². The molecule has 0 amide bonds. The maximum atomic E-state index is 13.8. The molecule has 25 heavy (non-hydrogen) atoms. The number of benzene rings is 1. The Bertz CT molecular complexity index is 775. The quantitative estimate of drug-likeness (QED) is 0.566. The topological polar surface area (TPSA) is 43.7 Å². The van der Waals surface area contributed by atoms with Crippen molar-refractivity contribution >= 4 is 17.4 Å². The van der Waals surface area contributed by atoms with Gasteiger partial charge >= 0.3 is 0 Å². The third-order valence-electron chi connectivity index (χ3n) is 4.37. The van der Waals surface area contributed by atoms with Gasteiger partial charge in [0.25, 0.3) is 0 Å². The first-order chi connectivity index (χ1) is 12.2. The Hall–Kier alpha value is -2.14. The Morgan fingerprint density at radius 3 is 2.80 bits per heavy atom. The Morgan fingerprint density at radius 1 is 1.28 bits per heavy atom. The van der Waals surface area contributed by atoms with Gasteiger partial charge in [-0.15, -0.1) is 0 Å². The number of isothiocyanates is 1. The first-order valence-corrected chi connectivity index (χ1v) is 8.58. The minimum atomic E-state index is -0.387. The summed E-state index contributed by atoms with van der Waals surface area (Å²) >= 11 is 4.65. The SMILES string of the molecule is COc1ccc(-c2ccc(CO[C@H]3CC[C@@H](N=C=S)C3)nc2)cc1F. The molecule has 2 aromatic rings. The smallest absolute Gasteiger partial charge is 0.165 e. The molecule has 4 nitrogen and oxygen atoms in total. The molecule has 0 spiro atoms. The number of hydrogen-bond acceptors (Lipinski definition) is 5. The van der Waals surface area contributed by atoms with E-state index in [0.717, 1.165) is 36.1 Å². The summed E-state index contributed by atoms with van der Waals surface area (Å²) in [6, 6.07) is 8.93. The van der Waals surface area contributed by atoms with Crippen LogP contribution in [0.1, 0.15) is 25.0 Å². The van der Waals surface area contributed by atoms with Gasteiger partial charge in [0.05, 0.1) is 36.7 Å². The van der Waals surface area contributed by atoms with Crippen molar-refractivity contribution in [2.75, 3.05) is 7.11 Å². The van der Waals surface area contributed by atoms with Gasteiger partial charge in [-0.1, -0.05) is 12.1 Å². The van der Waals surface area contributed by atoms with Crippen molar-refractivity contribution in [1.29, 1.82) is 0 Å². The lowest BCUT2D eigenvalue weighted by atomic mass is 10.1. The van der Waals surface area contributed by atoms with Crippen molar-refractivity contribution in [1.82, 2.24) is 4.98 Å². The number of ether oxygens (including phenoxy) is 2. The summed E-state index contributed by atoms with van der Waals surface area (Å²) in [5.41, 5.74) is 2.45. The molecule has 1 saturated carbocycles. The number of hydrogen-bond donors (Lipinski definition) is 0. The molecule has 1 heterocycles. The predicted octanol–water partition coefficient (Wildman–Crippen LogP) is 4.44. The Kier molecular flexibility index (Phi) is 5.87. The highest BCUT2D eigenvalue weighted by atomic mass is 32.1. The van der Waals surface area contributed by atoms with Crippen molar-refractivity contribution in [2.24, 2.45) is 4.99 Å². The zero-order valence-electron chi connectivity index (χ0n) is 13.9. The highest BCUT2D eigenvalue weighted by molar-refractivity contribution is 7.78. The fourth-order valence-electron chi connectivity index (χ4n) is 2.99. The van der Waals surface area contributed by atoms with E-state index in [-0.39, 0.29) is 23.7 Å². The molecule has 3 rings (SSSR count). The van der Waals surface area contributed by atoms with Crippen LogP contribution in [0, 0.1) is 5.82 Å². The highest BCUT2D eigenvalue weighted by Crippen LogP contribution is 2.27. The molecule has 0 radical (unpaired) electrons. The number of rotatable bonds is 6. The summed E-state index contributed by atoms with van der Waals surface area (Å²) in [4.78, 5) is 8.54. The van der Waals surface area contributed by atoms with Crippen molar-refractivity contribution in [3.63, 3.8) is 0 Å². The predicted molar refractivity (Wildman–Crippen MR) is 97.4 cm³/mol. The van der Waals surface area contributed by atoms with Crippen molar-refractivity contribution in [2.45, 2.75) is 38.0 Å². The summed E-state index contributed by atoms with van der Waals surface area (Å²) in [6.45, 7) is 0.454. The Morgan fingerprint density at radius 2 is 2.12 bits per heavy atom. The molecular formula is C19H19FN2O2S. The van der Waals surface area contributed by atoms with Crippen LogP contribution in [-0.4, -0.2) is 29.4 Å². The Balaban J connectivity index is 1.59. The van der Waals surface area contributed by atoms with Crippen LogP contribution in [0.5, 0.6) is 5.75 Å². The Labute approximate surface area is 151 Å². The molecule has 0 saturated heterocycles. The third-order valence-corrected chi connectivity index (χ3v) is 4.47. The maximum absolute atomic E-state index is 13.8. The molecule has 1 aliphatic rings. The first-order valence-electron chi connectivity index (χ1n) is 8.17. The molecule has 1 aromatic carbocycles. The molecule has 0 aliphatic heterocycles. The van der Waals surface area contributed by atoms with Gasteiger partial charge in [-0.3, -0.25) is 4.98 Å². The second kappa shape index (κ2) is 8.30. The molecular weight excluding hydrogens is 339 g/mol. The van der Waals surface area contributed by atoms with E-state index in [0.29, 0.717) is 6.61 Å². The second-order valence-electron chi connectivity index (χ2n) is 6.01. The fraction of sp³-hybridized carbons (Fsp3) is 0.368. The zero-order valence-corrected chi connectivity index (χ0v) is 14.8. The lowest BCUT2D eigenvalue weighted by molar-refractivity contribution is 0.0430. The molecule has 6 heteroatoms. The van der Waals surface area contributed by atoms with Crippen LogP contribution >= 0.6 is 12.2 Å². The van der Waals surface area contributed by atoms with E-state index in [1.807, 2.05) is 18.2 Å². The van der Waals surface area contributed by atoms with Crippen LogP contribution in [-0.2, 0) is 11.3 Å². The highest BCUT2D eigenvalue weighted by Gasteiger charge is 2.24. The zero-order chi connectivity index (χ0) is 17.6. The van der Waals surface area contributed by atoms with Crippen LogP contribution in [0.3, 0.4) is 0 Å². The van der Waals surface area contributed by atoms with E-state index < -0.39 is 0 Å². The lowest BCUT2D eigenvalue weighted by Crippen LogP contribution is -2.10. The average Bonchev–Trinajstić information content (AvgIpc) is 3.08. The molecule has 130 valence electrons. The number of nitrogens with zero attached hydrogens (tertiary/aromatic N) is 2. The summed E-state index contributed by atoms with van der Waals surface area (Å²) in [5.74, 6) is -0.156. The summed E-state index contributed by atoms with van der Waals surface area (Å²) in [7, 11) is 1.45. The van der Waals surface area contributed by atoms with Gasteiger partial charge < -0.3 is 9.47 Å². The van der Waals surface area contributed by atoms with Crippen LogP contribution in [0.2, 0.25) is 0 Å². The molecule has 1 aliphatic carbocycles. The number of halogens is 1. The number of thiocarbonyl (C=S) groups is 1. The van der Waals surface area contributed by atoms with Gasteiger partial charge in [-0.25, -0.2) is 9.38 Å². The van der Waals surface area contributed by atoms with Crippen LogP contribution in [0.4, 0.5) is 4.39 Å². The molecule has 1 aromatic heterocycles. The van der Waals surface area contributed by atoms with E-state index in [4.69, 9.17) is 9.47 Å². The minimum absolute atomic E-state index is 0.189. The summed E-state index contributed by atoms with van der Waals surface area (Å²) in [6.07, 6.45) is 4.77. The molecule has 1 fully saturated rings. The van der Waals surface area contributed by atoms with E-state index >= 15 is 0 Å². The van der Waals surface area contributed by atoms with E-state index in [2.05, 4.69) is 27.4 Å². The van der Waals surface area contributed by atoms with E-state index in [1.165, 1.54) is 13.2 Å². The average molecular weight is 358 g/mol. The largest absolute Gasteiger partial charge is 0.494 e. The number of aliphatic imine (C=N–C) groups is 1. The van der Waals surface area contributed by atoms with Gasteiger partial charge in [0.2, 0.25) is 0 Å². The monoisotopic (exact) mass is 358 g/mol. The molecule has 0 N–H and O–H groups in total. The van der Waals surface area contributed by atoms with Gasteiger partial charge in [0.1, 0.15) is 0 Å². The lowest BCUT2D eigenvalue weighted by Gasteiger charge is -2.11. The van der Waals surface area contributed by atoms with Crippen LogP contribution < -0.4 is 4.74 Å². The van der Waals surface area contributed by atoms with Crippen molar-refractivity contribution < 1.29 is 13.9 Å². The van der Waals surface area contributed by atoms with Crippen molar-refractivity contribution in [3.05, 3.63) is 48.0 Å². The van der Waals surface area contributed by atoms with Crippen LogP contribution in [0.15, 0.2) is 41.5 Å². The minimum Gasteiger partial charge on any atom is -0.494 e. The van der Waals surface area contributed by atoms with Crippen molar-refractivity contribution in [3.8, 4) is 16.9 Å². The molecule has 0 unspecified atom stereocenters. The summed E-state index contributed by atoms with van der Waals surface area (Å²) in [5, 5.41) is 2.44. The molecule has 2 atom stereocenters. The van der Waals surface area contributed by atoms with Gasteiger partial charge in [-0.2, -0.15) is 0 Å². The van der Waals surface area contributed by atoms with E-state index in [1.54, 1.807) is 12.3 Å². The number of methoxy groups -OCH3 is 1. The van der Waals surface area contributed by atoms with Gasteiger partial charge in [0, 0.05) is 11.8 Å². The van der Waals surface area contributed by atoms with Gasteiger partial charge in [0.15, 0.2) is 11.6 Å². The standard InChI is InChI=1S/C19H19FN2O2S/c1-23-19-7-3-13(8-18(19)20)14-2-4-16(21-10-14)11-24-17-6-5-15(9-17)22-12-25/h2-4,7-8,10,15,17H,5-6,9,11H2,1H3/t15-,17+/m1/s1. The normalized spacial score (nSPS) is 19.4.